The van der Waals surface area contributed by atoms with Crippen molar-refractivity contribution in [3.05, 3.63) is 28.8 Å². The number of carbonyl (C=O) groups excluding carboxylic acids is 1. The molecule has 1 aromatic carbocycles. The second-order valence-corrected chi connectivity index (χ2v) is 7.62. The first-order chi connectivity index (χ1) is 13.5. The molecule has 0 aromatic heterocycles. The van der Waals surface area contributed by atoms with E-state index in [0.717, 1.165) is 68.7 Å². The standard InChI is InChI=1S/C21H33ClN4O2/c1-4-23-21(26(3)13-9-17-10-14-28-15-11-17)24-12-8-20(27)25-19-7-5-6-18(22)16(19)2/h5-7,17H,4,8-15H2,1-3H3,(H,23,24)(H,25,27). The molecule has 1 fully saturated rings. The molecule has 0 aliphatic carbocycles. The summed E-state index contributed by atoms with van der Waals surface area (Å²) in [6.07, 6.45) is 3.75. The summed E-state index contributed by atoms with van der Waals surface area (Å²) in [5, 5.41) is 6.88. The summed E-state index contributed by atoms with van der Waals surface area (Å²) in [5.74, 6) is 1.52. The van der Waals surface area contributed by atoms with Crippen LogP contribution in [0.3, 0.4) is 0 Å². The normalized spacial score (nSPS) is 15.4. The van der Waals surface area contributed by atoms with Gasteiger partial charge in [0.15, 0.2) is 5.96 Å². The Labute approximate surface area is 173 Å². The molecular formula is C21H33ClN4O2. The molecule has 1 saturated heterocycles. The highest BCUT2D eigenvalue weighted by Gasteiger charge is 2.15. The van der Waals surface area contributed by atoms with E-state index < -0.39 is 0 Å². The van der Waals surface area contributed by atoms with E-state index in [1.807, 2.05) is 25.1 Å². The van der Waals surface area contributed by atoms with Crippen molar-refractivity contribution in [3.8, 4) is 0 Å². The maximum Gasteiger partial charge on any atom is 0.226 e. The van der Waals surface area contributed by atoms with E-state index in [4.69, 9.17) is 16.3 Å². The number of ether oxygens (including phenoxy) is 1. The van der Waals surface area contributed by atoms with Crippen LogP contribution < -0.4 is 10.6 Å². The highest BCUT2D eigenvalue weighted by molar-refractivity contribution is 6.31. The maximum absolute atomic E-state index is 12.2. The summed E-state index contributed by atoms with van der Waals surface area (Å²) in [7, 11) is 2.05. The number of amides is 1. The Balaban J connectivity index is 1.81. The Morgan fingerprint density at radius 3 is 2.82 bits per heavy atom. The van der Waals surface area contributed by atoms with Gasteiger partial charge in [0.1, 0.15) is 0 Å². The minimum atomic E-state index is -0.0603. The summed E-state index contributed by atoms with van der Waals surface area (Å²) in [4.78, 5) is 19.0. The van der Waals surface area contributed by atoms with Gasteiger partial charge in [-0.2, -0.15) is 0 Å². The molecule has 0 atom stereocenters. The van der Waals surface area contributed by atoms with Gasteiger partial charge in [0, 0.05) is 50.5 Å². The van der Waals surface area contributed by atoms with Gasteiger partial charge in [0.2, 0.25) is 5.91 Å². The Morgan fingerprint density at radius 1 is 1.36 bits per heavy atom. The van der Waals surface area contributed by atoms with Crippen LogP contribution in [0.2, 0.25) is 5.02 Å². The number of guanidine groups is 1. The van der Waals surface area contributed by atoms with Crippen LogP contribution in [0.1, 0.15) is 38.2 Å². The van der Waals surface area contributed by atoms with Crippen molar-refractivity contribution in [2.75, 3.05) is 45.2 Å². The van der Waals surface area contributed by atoms with Gasteiger partial charge in [-0.15, -0.1) is 0 Å². The van der Waals surface area contributed by atoms with Gasteiger partial charge in [-0.05, 0) is 56.7 Å². The second kappa shape index (κ2) is 11.9. The van der Waals surface area contributed by atoms with Crippen molar-refractivity contribution in [3.63, 3.8) is 0 Å². The molecule has 1 aliphatic heterocycles. The summed E-state index contributed by atoms with van der Waals surface area (Å²) >= 11 is 6.10. The zero-order valence-electron chi connectivity index (χ0n) is 17.3. The van der Waals surface area contributed by atoms with Crippen molar-refractivity contribution in [1.29, 1.82) is 0 Å². The quantitative estimate of drug-likeness (QED) is 0.508. The van der Waals surface area contributed by atoms with Crippen LogP contribution in [0.4, 0.5) is 5.69 Å². The summed E-state index contributed by atoms with van der Waals surface area (Å²) in [5.41, 5.74) is 1.63. The molecular weight excluding hydrogens is 376 g/mol. The van der Waals surface area contributed by atoms with Crippen molar-refractivity contribution in [1.82, 2.24) is 10.2 Å². The SMILES string of the molecule is CCNC(=NCCC(=O)Nc1cccc(Cl)c1C)N(C)CCC1CCOCC1. The van der Waals surface area contributed by atoms with Crippen LogP contribution in [0.25, 0.3) is 0 Å². The molecule has 0 unspecified atom stereocenters. The van der Waals surface area contributed by atoms with Gasteiger partial charge in [-0.3, -0.25) is 9.79 Å². The minimum absolute atomic E-state index is 0.0603. The fourth-order valence-electron chi connectivity index (χ4n) is 3.21. The zero-order valence-corrected chi connectivity index (χ0v) is 18.0. The molecule has 0 radical (unpaired) electrons. The molecule has 0 spiro atoms. The monoisotopic (exact) mass is 408 g/mol. The lowest BCUT2D eigenvalue weighted by Crippen LogP contribution is -2.40. The van der Waals surface area contributed by atoms with Crippen LogP contribution in [0.15, 0.2) is 23.2 Å². The van der Waals surface area contributed by atoms with E-state index in [1.165, 1.54) is 0 Å². The number of nitrogens with one attached hydrogen (secondary N) is 2. The largest absolute Gasteiger partial charge is 0.381 e. The molecule has 1 amide bonds. The molecule has 0 saturated carbocycles. The molecule has 0 bridgehead atoms. The van der Waals surface area contributed by atoms with Crippen LogP contribution in [0, 0.1) is 12.8 Å². The molecule has 1 aliphatic rings. The first kappa shape index (κ1) is 22.5. The maximum atomic E-state index is 12.2. The number of aliphatic imine (C=N–C) groups is 1. The highest BCUT2D eigenvalue weighted by atomic mass is 35.5. The summed E-state index contributed by atoms with van der Waals surface area (Å²) < 4.78 is 5.43. The van der Waals surface area contributed by atoms with Gasteiger partial charge < -0.3 is 20.3 Å². The molecule has 6 nitrogen and oxygen atoms in total. The number of anilines is 1. The average molecular weight is 409 g/mol. The van der Waals surface area contributed by atoms with Gasteiger partial charge >= 0.3 is 0 Å². The van der Waals surface area contributed by atoms with E-state index in [-0.39, 0.29) is 5.91 Å². The van der Waals surface area contributed by atoms with Gasteiger partial charge in [0.05, 0.1) is 6.54 Å². The van der Waals surface area contributed by atoms with Crippen molar-refractivity contribution in [2.45, 2.75) is 39.5 Å². The van der Waals surface area contributed by atoms with Crippen molar-refractivity contribution < 1.29 is 9.53 Å². The molecule has 1 aromatic rings. The Bertz CT molecular complexity index is 660. The third kappa shape index (κ3) is 7.32. The van der Waals surface area contributed by atoms with E-state index >= 15 is 0 Å². The first-order valence-electron chi connectivity index (χ1n) is 10.1. The molecule has 2 rings (SSSR count). The van der Waals surface area contributed by atoms with Gasteiger partial charge in [0.25, 0.3) is 0 Å². The van der Waals surface area contributed by atoms with E-state index in [9.17, 15) is 4.79 Å². The van der Waals surface area contributed by atoms with Crippen molar-refractivity contribution in [2.24, 2.45) is 10.9 Å². The second-order valence-electron chi connectivity index (χ2n) is 7.21. The van der Waals surface area contributed by atoms with E-state index in [1.54, 1.807) is 0 Å². The van der Waals surface area contributed by atoms with E-state index in [0.29, 0.717) is 18.0 Å². The van der Waals surface area contributed by atoms with E-state index in [2.05, 4.69) is 34.5 Å². The Hall–Kier alpha value is -1.79. The number of benzene rings is 1. The lowest BCUT2D eigenvalue weighted by molar-refractivity contribution is -0.116. The smallest absolute Gasteiger partial charge is 0.226 e. The number of halogens is 1. The Morgan fingerprint density at radius 2 is 2.11 bits per heavy atom. The van der Waals surface area contributed by atoms with Crippen LogP contribution >= 0.6 is 11.6 Å². The third-order valence-electron chi connectivity index (χ3n) is 5.05. The lowest BCUT2D eigenvalue weighted by Gasteiger charge is -2.26. The molecule has 2 N–H and O–H groups in total. The van der Waals surface area contributed by atoms with Crippen LogP contribution in [-0.4, -0.2) is 56.7 Å². The number of carbonyl (C=O) groups is 1. The number of rotatable bonds is 8. The fraction of sp³-hybridized carbons (Fsp3) is 0.619. The lowest BCUT2D eigenvalue weighted by atomic mass is 9.96. The first-order valence-corrected chi connectivity index (χ1v) is 10.5. The molecule has 156 valence electrons. The third-order valence-corrected chi connectivity index (χ3v) is 5.46. The topological polar surface area (TPSA) is 66.0 Å². The predicted octanol–water partition coefficient (Wildman–Crippen LogP) is 3.69. The molecule has 28 heavy (non-hydrogen) atoms. The van der Waals surface area contributed by atoms with Crippen molar-refractivity contribution >= 4 is 29.2 Å². The fourth-order valence-corrected chi connectivity index (χ4v) is 3.38. The number of hydrogen-bond donors (Lipinski definition) is 2. The number of hydrogen-bond acceptors (Lipinski definition) is 3. The van der Waals surface area contributed by atoms with Gasteiger partial charge in [-0.25, -0.2) is 0 Å². The minimum Gasteiger partial charge on any atom is -0.381 e. The Kier molecular flexibility index (Phi) is 9.58. The molecule has 1 heterocycles. The summed E-state index contributed by atoms with van der Waals surface area (Å²) in [6.45, 7) is 7.89. The average Bonchev–Trinajstić information content (AvgIpc) is 2.70. The summed E-state index contributed by atoms with van der Waals surface area (Å²) in [6, 6.07) is 5.51. The predicted molar refractivity (Wildman–Crippen MR) is 116 cm³/mol. The van der Waals surface area contributed by atoms with Crippen LogP contribution in [0.5, 0.6) is 0 Å². The number of nitrogens with zero attached hydrogens (tertiary/aromatic N) is 2. The molecule has 7 heteroatoms. The van der Waals surface area contributed by atoms with Gasteiger partial charge in [-0.1, -0.05) is 17.7 Å². The zero-order chi connectivity index (χ0) is 20.4. The highest BCUT2D eigenvalue weighted by Crippen LogP contribution is 2.23. The van der Waals surface area contributed by atoms with Crippen LogP contribution in [-0.2, 0) is 9.53 Å².